The highest BCUT2D eigenvalue weighted by molar-refractivity contribution is 5.95. The number of carbonyl (C=O) groups excluding carboxylic acids is 1. The largest absolute Gasteiger partial charge is 0.465 e. The average molecular weight is 244 g/mol. The molecule has 0 aromatic heterocycles. The van der Waals surface area contributed by atoms with E-state index in [9.17, 15) is 18.0 Å². The molecule has 0 bridgehead atoms. The normalized spacial score (nSPS) is 10.8. The number of carbonyl (C=O) groups is 1. The van der Waals surface area contributed by atoms with Crippen molar-refractivity contribution in [2.75, 3.05) is 12.8 Å². The Bertz CT molecular complexity index is 503. The maximum atomic E-state index is 12.5. The van der Waals surface area contributed by atoms with Crippen molar-refractivity contribution in [1.82, 2.24) is 0 Å². The van der Waals surface area contributed by atoms with Crippen molar-refractivity contribution < 1.29 is 22.7 Å². The Kier molecular flexibility index (Phi) is 3.27. The van der Waals surface area contributed by atoms with Gasteiger partial charge in [0.05, 0.1) is 29.9 Å². The molecule has 0 radical (unpaired) electrons. The minimum Gasteiger partial charge on any atom is -0.465 e. The Hall–Kier alpha value is -2.23. The highest BCUT2D eigenvalue weighted by atomic mass is 19.4. The fourth-order valence-electron chi connectivity index (χ4n) is 1.23. The van der Waals surface area contributed by atoms with E-state index in [0.717, 1.165) is 13.2 Å². The van der Waals surface area contributed by atoms with Crippen LogP contribution in [0, 0.1) is 11.3 Å². The van der Waals surface area contributed by atoms with Gasteiger partial charge in [0, 0.05) is 5.69 Å². The molecule has 90 valence electrons. The van der Waals surface area contributed by atoms with E-state index in [0.29, 0.717) is 6.07 Å². The molecular formula is C10H7F3N2O2. The number of methoxy groups -OCH3 is 1. The average Bonchev–Trinajstić information content (AvgIpc) is 2.26. The van der Waals surface area contributed by atoms with Gasteiger partial charge in [0.2, 0.25) is 0 Å². The number of nitrogen functional groups attached to an aromatic ring is 1. The van der Waals surface area contributed by atoms with Gasteiger partial charge in [-0.05, 0) is 12.1 Å². The molecule has 0 aliphatic rings. The van der Waals surface area contributed by atoms with Crippen LogP contribution in [-0.4, -0.2) is 13.1 Å². The molecule has 0 unspecified atom stereocenters. The van der Waals surface area contributed by atoms with Gasteiger partial charge in [0.1, 0.15) is 0 Å². The van der Waals surface area contributed by atoms with Gasteiger partial charge in [-0.15, -0.1) is 0 Å². The van der Waals surface area contributed by atoms with Crippen LogP contribution in [0.2, 0.25) is 0 Å². The smallest absolute Gasteiger partial charge is 0.417 e. The number of halogens is 3. The molecule has 0 saturated heterocycles. The lowest BCUT2D eigenvalue weighted by Crippen LogP contribution is -2.12. The number of hydrogen-bond acceptors (Lipinski definition) is 4. The highest BCUT2D eigenvalue weighted by Gasteiger charge is 2.34. The third-order valence-electron chi connectivity index (χ3n) is 2.02. The molecule has 1 rings (SSSR count). The van der Waals surface area contributed by atoms with Crippen LogP contribution in [0.15, 0.2) is 12.1 Å². The van der Waals surface area contributed by atoms with Gasteiger partial charge in [-0.1, -0.05) is 0 Å². The lowest BCUT2D eigenvalue weighted by molar-refractivity contribution is -0.137. The topological polar surface area (TPSA) is 76.1 Å². The minimum atomic E-state index is -4.70. The third kappa shape index (κ3) is 2.47. The van der Waals surface area contributed by atoms with Gasteiger partial charge < -0.3 is 10.5 Å². The summed E-state index contributed by atoms with van der Waals surface area (Å²) in [6, 6.07) is 2.68. The number of benzene rings is 1. The molecule has 0 aliphatic heterocycles. The summed E-state index contributed by atoms with van der Waals surface area (Å²) in [6.45, 7) is 0. The number of rotatable bonds is 1. The summed E-state index contributed by atoms with van der Waals surface area (Å²) in [6.07, 6.45) is -4.70. The molecule has 0 saturated carbocycles. The molecule has 4 nitrogen and oxygen atoms in total. The zero-order valence-electron chi connectivity index (χ0n) is 8.63. The van der Waals surface area contributed by atoms with Crippen molar-refractivity contribution in [1.29, 1.82) is 5.26 Å². The maximum Gasteiger partial charge on any atom is 0.417 e. The number of anilines is 1. The summed E-state index contributed by atoms with van der Waals surface area (Å²) in [4.78, 5) is 11.2. The Labute approximate surface area is 94.4 Å². The van der Waals surface area contributed by atoms with Gasteiger partial charge in [0.25, 0.3) is 0 Å². The van der Waals surface area contributed by atoms with Gasteiger partial charge in [-0.25, -0.2) is 4.79 Å². The molecule has 0 spiro atoms. The van der Waals surface area contributed by atoms with E-state index >= 15 is 0 Å². The number of nitriles is 1. The predicted molar refractivity (Wildman–Crippen MR) is 51.9 cm³/mol. The summed E-state index contributed by atoms with van der Waals surface area (Å²) in [5, 5.41) is 8.61. The second kappa shape index (κ2) is 4.33. The number of ether oxygens (including phenoxy) is 1. The summed E-state index contributed by atoms with van der Waals surface area (Å²) < 4.78 is 41.9. The van der Waals surface area contributed by atoms with E-state index in [1.54, 1.807) is 0 Å². The van der Waals surface area contributed by atoms with Crippen LogP contribution in [0.3, 0.4) is 0 Å². The van der Waals surface area contributed by atoms with Crippen LogP contribution in [0.4, 0.5) is 18.9 Å². The quantitative estimate of drug-likeness (QED) is 0.605. The van der Waals surface area contributed by atoms with E-state index < -0.39 is 23.3 Å². The first kappa shape index (κ1) is 12.8. The fraction of sp³-hybridized carbons (Fsp3) is 0.200. The molecular weight excluding hydrogens is 237 g/mol. The highest BCUT2D eigenvalue weighted by Crippen LogP contribution is 2.34. The van der Waals surface area contributed by atoms with Crippen molar-refractivity contribution in [2.24, 2.45) is 0 Å². The standard InChI is InChI=1S/C10H7F3N2O2/c1-17-9(16)6-2-5(4-14)7(3-8(6)15)10(11,12)13/h2-3H,15H2,1H3. The lowest BCUT2D eigenvalue weighted by Gasteiger charge is -2.11. The van der Waals surface area contributed by atoms with E-state index in [2.05, 4.69) is 4.74 Å². The van der Waals surface area contributed by atoms with Crippen LogP contribution in [-0.2, 0) is 10.9 Å². The number of alkyl halides is 3. The van der Waals surface area contributed by atoms with Crippen LogP contribution >= 0.6 is 0 Å². The molecule has 0 aliphatic carbocycles. The molecule has 0 fully saturated rings. The van der Waals surface area contributed by atoms with Crippen molar-refractivity contribution >= 4 is 11.7 Å². The number of esters is 1. The fourth-order valence-corrected chi connectivity index (χ4v) is 1.23. The van der Waals surface area contributed by atoms with E-state index in [4.69, 9.17) is 11.0 Å². The third-order valence-corrected chi connectivity index (χ3v) is 2.02. The molecule has 0 amide bonds. The van der Waals surface area contributed by atoms with Crippen molar-refractivity contribution in [3.8, 4) is 6.07 Å². The zero-order valence-corrected chi connectivity index (χ0v) is 8.63. The first-order chi connectivity index (χ1) is 7.81. The maximum absolute atomic E-state index is 12.5. The first-order valence-electron chi connectivity index (χ1n) is 4.30. The predicted octanol–water partition coefficient (Wildman–Crippen LogP) is 1.95. The first-order valence-corrected chi connectivity index (χ1v) is 4.30. The van der Waals surface area contributed by atoms with Crippen molar-refractivity contribution in [3.63, 3.8) is 0 Å². The minimum absolute atomic E-state index is 0.267. The zero-order chi connectivity index (χ0) is 13.2. The second-order valence-electron chi connectivity index (χ2n) is 3.09. The van der Waals surface area contributed by atoms with E-state index in [1.165, 1.54) is 6.07 Å². The van der Waals surface area contributed by atoms with E-state index in [-0.39, 0.29) is 11.3 Å². The Morgan fingerprint density at radius 3 is 2.47 bits per heavy atom. The number of nitrogens with zero attached hydrogens (tertiary/aromatic N) is 1. The second-order valence-corrected chi connectivity index (χ2v) is 3.09. The molecule has 17 heavy (non-hydrogen) atoms. The summed E-state index contributed by atoms with van der Waals surface area (Å²) in [5.41, 5.74) is 2.81. The molecule has 0 heterocycles. The Balaban J connectivity index is 3.47. The van der Waals surface area contributed by atoms with Gasteiger partial charge in [0.15, 0.2) is 0 Å². The van der Waals surface area contributed by atoms with Crippen LogP contribution < -0.4 is 5.73 Å². The SMILES string of the molecule is COC(=O)c1cc(C#N)c(C(F)(F)F)cc1N. The molecule has 7 heteroatoms. The van der Waals surface area contributed by atoms with Gasteiger partial charge in [-0.3, -0.25) is 0 Å². The molecule has 1 aromatic carbocycles. The van der Waals surface area contributed by atoms with Crippen LogP contribution in [0.1, 0.15) is 21.5 Å². The van der Waals surface area contributed by atoms with Crippen LogP contribution in [0.5, 0.6) is 0 Å². The van der Waals surface area contributed by atoms with Gasteiger partial charge >= 0.3 is 12.1 Å². The lowest BCUT2D eigenvalue weighted by atomic mass is 10.0. The van der Waals surface area contributed by atoms with Crippen molar-refractivity contribution in [2.45, 2.75) is 6.18 Å². The van der Waals surface area contributed by atoms with Crippen molar-refractivity contribution in [3.05, 3.63) is 28.8 Å². The number of nitrogens with two attached hydrogens (primary N) is 1. The van der Waals surface area contributed by atoms with Gasteiger partial charge in [-0.2, -0.15) is 18.4 Å². The molecule has 1 aromatic rings. The van der Waals surface area contributed by atoms with E-state index in [1.807, 2.05) is 0 Å². The summed E-state index contributed by atoms with van der Waals surface area (Å²) >= 11 is 0. The Morgan fingerprint density at radius 1 is 1.47 bits per heavy atom. The molecule has 2 N–H and O–H groups in total. The Morgan fingerprint density at radius 2 is 2.06 bits per heavy atom. The summed E-state index contributed by atoms with van der Waals surface area (Å²) in [7, 11) is 1.06. The summed E-state index contributed by atoms with van der Waals surface area (Å²) in [5.74, 6) is -0.896. The molecule has 0 atom stereocenters. The number of hydrogen-bond donors (Lipinski definition) is 1. The monoisotopic (exact) mass is 244 g/mol. The van der Waals surface area contributed by atoms with Crippen LogP contribution in [0.25, 0.3) is 0 Å².